The van der Waals surface area contributed by atoms with E-state index in [4.69, 9.17) is 23.2 Å². The van der Waals surface area contributed by atoms with E-state index in [9.17, 15) is 18.0 Å². The van der Waals surface area contributed by atoms with Gasteiger partial charge in [0.25, 0.3) is 0 Å². The molecule has 1 N–H and O–H groups in total. The minimum absolute atomic E-state index is 0.00282. The lowest BCUT2D eigenvalue weighted by molar-refractivity contribution is -0.141. The standard InChI is InChI=1S/C31H35Cl2N3O4S/c1-22-12-16-27(17-13-22)41(39,40)35(2)21-30(37)36(20-24-14-15-25(32)19-28(24)33)29(18-23-8-4-3-5-9-23)31(38)34-26-10-6-7-11-26/h3-5,8-9,12-17,19,26,29H,6-7,10-11,18,20-21H2,1-2H3,(H,34,38)/t29-/m1/s1. The molecule has 10 heteroatoms. The van der Waals surface area contributed by atoms with Crippen molar-refractivity contribution < 1.29 is 18.0 Å². The van der Waals surface area contributed by atoms with Crippen LogP contribution in [0, 0.1) is 6.92 Å². The number of halogens is 2. The van der Waals surface area contributed by atoms with Crippen molar-refractivity contribution in [1.82, 2.24) is 14.5 Å². The predicted octanol–water partition coefficient (Wildman–Crippen LogP) is 5.62. The minimum Gasteiger partial charge on any atom is -0.352 e. The first-order valence-electron chi connectivity index (χ1n) is 13.7. The van der Waals surface area contributed by atoms with Crippen molar-refractivity contribution in [3.05, 3.63) is 99.5 Å². The highest BCUT2D eigenvalue weighted by atomic mass is 35.5. The molecule has 0 radical (unpaired) electrons. The van der Waals surface area contributed by atoms with Crippen LogP contribution >= 0.6 is 23.2 Å². The summed E-state index contributed by atoms with van der Waals surface area (Å²) in [6, 6.07) is 20.0. The molecular weight excluding hydrogens is 581 g/mol. The van der Waals surface area contributed by atoms with E-state index in [1.54, 1.807) is 30.3 Å². The van der Waals surface area contributed by atoms with Crippen LogP contribution in [0.4, 0.5) is 0 Å². The van der Waals surface area contributed by atoms with Gasteiger partial charge < -0.3 is 10.2 Å². The number of rotatable bonds is 11. The summed E-state index contributed by atoms with van der Waals surface area (Å²) in [5.41, 5.74) is 2.39. The van der Waals surface area contributed by atoms with Crippen LogP contribution < -0.4 is 5.32 Å². The third kappa shape index (κ3) is 8.10. The number of nitrogens with one attached hydrogen (secondary N) is 1. The lowest BCUT2D eigenvalue weighted by Crippen LogP contribution is -2.54. The SMILES string of the molecule is Cc1ccc(S(=O)(=O)N(C)CC(=O)N(Cc2ccc(Cl)cc2Cl)[C@H](Cc2ccccc2)C(=O)NC2CCCC2)cc1. The van der Waals surface area contributed by atoms with Gasteiger partial charge in [-0.05, 0) is 55.2 Å². The first-order chi connectivity index (χ1) is 19.5. The van der Waals surface area contributed by atoms with Crippen LogP contribution in [0.2, 0.25) is 10.0 Å². The highest BCUT2D eigenvalue weighted by Crippen LogP contribution is 2.25. The number of benzene rings is 3. The fourth-order valence-electron chi connectivity index (χ4n) is 5.01. The molecule has 0 spiro atoms. The topological polar surface area (TPSA) is 86.8 Å². The van der Waals surface area contributed by atoms with Crippen LogP contribution in [-0.2, 0) is 32.6 Å². The number of aryl methyl sites for hydroxylation is 1. The van der Waals surface area contributed by atoms with Crippen LogP contribution in [0.25, 0.3) is 0 Å². The van der Waals surface area contributed by atoms with Crippen molar-refractivity contribution in [1.29, 1.82) is 0 Å². The van der Waals surface area contributed by atoms with Gasteiger partial charge in [-0.1, -0.05) is 90.1 Å². The Kier molecular flexibility index (Phi) is 10.5. The van der Waals surface area contributed by atoms with E-state index in [-0.39, 0.29) is 29.8 Å². The monoisotopic (exact) mass is 615 g/mol. The van der Waals surface area contributed by atoms with Crippen molar-refractivity contribution in [2.45, 2.75) is 62.6 Å². The Bertz CT molecular complexity index is 1460. The van der Waals surface area contributed by atoms with Gasteiger partial charge in [0, 0.05) is 36.1 Å². The Labute approximate surface area is 252 Å². The molecule has 7 nitrogen and oxygen atoms in total. The van der Waals surface area contributed by atoms with Gasteiger partial charge in [0.2, 0.25) is 21.8 Å². The highest BCUT2D eigenvalue weighted by molar-refractivity contribution is 7.89. The molecule has 0 bridgehead atoms. The molecule has 2 amide bonds. The van der Waals surface area contributed by atoms with Crippen LogP contribution in [0.1, 0.15) is 42.4 Å². The lowest BCUT2D eigenvalue weighted by atomic mass is 10.0. The summed E-state index contributed by atoms with van der Waals surface area (Å²) in [4.78, 5) is 29.4. The van der Waals surface area contributed by atoms with Crippen LogP contribution in [0.15, 0.2) is 77.7 Å². The molecule has 1 atom stereocenters. The van der Waals surface area contributed by atoms with Crippen molar-refractivity contribution in [3.8, 4) is 0 Å². The van der Waals surface area contributed by atoms with Gasteiger partial charge in [-0.15, -0.1) is 0 Å². The van der Waals surface area contributed by atoms with Crippen LogP contribution in [0.3, 0.4) is 0 Å². The van der Waals surface area contributed by atoms with Crippen LogP contribution in [0.5, 0.6) is 0 Å². The van der Waals surface area contributed by atoms with Gasteiger partial charge in [-0.3, -0.25) is 9.59 Å². The zero-order valence-electron chi connectivity index (χ0n) is 23.2. The first kappa shape index (κ1) is 31.0. The number of nitrogens with zero attached hydrogens (tertiary/aromatic N) is 2. The Morgan fingerprint density at radius 1 is 0.976 bits per heavy atom. The number of amides is 2. The molecule has 3 aromatic carbocycles. The lowest BCUT2D eigenvalue weighted by Gasteiger charge is -2.33. The number of sulfonamides is 1. The Morgan fingerprint density at radius 3 is 2.27 bits per heavy atom. The second-order valence-electron chi connectivity index (χ2n) is 10.5. The Balaban J connectivity index is 1.68. The fourth-order valence-corrected chi connectivity index (χ4v) is 6.60. The molecular formula is C31H35Cl2N3O4S. The fraction of sp³-hybridized carbons (Fsp3) is 0.355. The molecule has 0 saturated heterocycles. The molecule has 4 rings (SSSR count). The molecule has 1 fully saturated rings. The van der Waals surface area contributed by atoms with Crippen molar-refractivity contribution in [2.75, 3.05) is 13.6 Å². The normalized spacial score (nSPS) is 14.7. The number of hydrogen-bond donors (Lipinski definition) is 1. The third-order valence-electron chi connectivity index (χ3n) is 7.42. The molecule has 0 heterocycles. The quantitative estimate of drug-likeness (QED) is 0.303. The van der Waals surface area contributed by atoms with E-state index in [0.717, 1.165) is 41.1 Å². The van der Waals surface area contributed by atoms with E-state index in [2.05, 4.69) is 5.32 Å². The predicted molar refractivity (Wildman–Crippen MR) is 162 cm³/mol. The van der Waals surface area contributed by atoms with E-state index in [0.29, 0.717) is 15.6 Å². The summed E-state index contributed by atoms with van der Waals surface area (Å²) in [7, 11) is -2.59. The number of carbonyl (C=O) groups is 2. The molecule has 0 aromatic heterocycles. The largest absolute Gasteiger partial charge is 0.352 e. The summed E-state index contributed by atoms with van der Waals surface area (Å²) in [5.74, 6) is -0.792. The highest BCUT2D eigenvalue weighted by Gasteiger charge is 2.34. The smallest absolute Gasteiger partial charge is 0.243 e. The maximum Gasteiger partial charge on any atom is 0.243 e. The molecule has 1 aliphatic rings. The van der Waals surface area contributed by atoms with Gasteiger partial charge in [-0.2, -0.15) is 4.31 Å². The molecule has 218 valence electrons. The van der Waals surface area contributed by atoms with E-state index in [1.807, 2.05) is 37.3 Å². The minimum atomic E-state index is -3.95. The summed E-state index contributed by atoms with van der Waals surface area (Å²) < 4.78 is 27.7. The zero-order chi connectivity index (χ0) is 29.6. The van der Waals surface area contributed by atoms with Gasteiger partial charge in [0.15, 0.2) is 0 Å². The maximum atomic E-state index is 14.0. The van der Waals surface area contributed by atoms with Crippen molar-refractivity contribution in [2.24, 2.45) is 0 Å². The molecule has 1 aliphatic carbocycles. The third-order valence-corrected chi connectivity index (χ3v) is 9.82. The summed E-state index contributed by atoms with van der Waals surface area (Å²) in [6.45, 7) is 1.42. The van der Waals surface area contributed by atoms with E-state index < -0.39 is 28.5 Å². The van der Waals surface area contributed by atoms with E-state index in [1.165, 1.54) is 24.1 Å². The average Bonchev–Trinajstić information content (AvgIpc) is 3.45. The van der Waals surface area contributed by atoms with Crippen LogP contribution in [-0.4, -0.2) is 55.1 Å². The average molecular weight is 617 g/mol. The molecule has 0 aliphatic heterocycles. The summed E-state index contributed by atoms with van der Waals surface area (Å²) in [6.07, 6.45) is 4.11. The first-order valence-corrected chi connectivity index (χ1v) is 15.8. The Hall–Kier alpha value is -2.91. The maximum absolute atomic E-state index is 14.0. The number of likely N-dealkylation sites (N-methyl/N-ethyl adjacent to an activating group) is 1. The number of hydrogen-bond acceptors (Lipinski definition) is 4. The molecule has 41 heavy (non-hydrogen) atoms. The molecule has 3 aromatic rings. The number of carbonyl (C=O) groups excluding carboxylic acids is 2. The van der Waals surface area contributed by atoms with Gasteiger partial charge in [-0.25, -0.2) is 8.42 Å². The second kappa shape index (κ2) is 13.8. The van der Waals surface area contributed by atoms with E-state index >= 15 is 0 Å². The molecule has 0 unspecified atom stereocenters. The van der Waals surface area contributed by atoms with Gasteiger partial charge in [0.05, 0.1) is 11.4 Å². The van der Waals surface area contributed by atoms with Crippen molar-refractivity contribution >= 4 is 45.0 Å². The molecule has 1 saturated carbocycles. The Morgan fingerprint density at radius 2 is 1.63 bits per heavy atom. The van der Waals surface area contributed by atoms with Crippen molar-refractivity contribution in [3.63, 3.8) is 0 Å². The van der Waals surface area contributed by atoms with Gasteiger partial charge >= 0.3 is 0 Å². The summed E-state index contributed by atoms with van der Waals surface area (Å²) in [5, 5.41) is 3.94. The van der Waals surface area contributed by atoms with Gasteiger partial charge in [0.1, 0.15) is 6.04 Å². The summed E-state index contributed by atoms with van der Waals surface area (Å²) >= 11 is 12.6. The second-order valence-corrected chi connectivity index (χ2v) is 13.4. The zero-order valence-corrected chi connectivity index (χ0v) is 25.6.